The van der Waals surface area contributed by atoms with Crippen LogP contribution in [0.15, 0.2) is 47.5 Å². The highest BCUT2D eigenvalue weighted by atomic mass is 35.5. The van der Waals surface area contributed by atoms with Crippen molar-refractivity contribution in [3.8, 4) is 0 Å². The number of aromatic nitrogens is 1. The van der Waals surface area contributed by atoms with Crippen LogP contribution in [0, 0.1) is 6.92 Å². The third-order valence-corrected chi connectivity index (χ3v) is 4.58. The SMILES string of the molecule is Cc1ccc(S(=O)(=O)Cc2cccnc2Cl)cc1. The molecule has 0 N–H and O–H groups in total. The molecule has 0 atom stereocenters. The molecule has 0 amide bonds. The van der Waals surface area contributed by atoms with E-state index in [0.29, 0.717) is 10.5 Å². The predicted molar refractivity (Wildman–Crippen MR) is 71.3 cm³/mol. The van der Waals surface area contributed by atoms with Gasteiger partial charge in [0.2, 0.25) is 0 Å². The van der Waals surface area contributed by atoms with Crippen molar-refractivity contribution in [1.29, 1.82) is 0 Å². The summed E-state index contributed by atoms with van der Waals surface area (Å²) < 4.78 is 24.4. The molecule has 2 aromatic rings. The van der Waals surface area contributed by atoms with Gasteiger partial charge in [0.05, 0.1) is 10.6 Å². The Morgan fingerprint density at radius 3 is 2.44 bits per heavy atom. The van der Waals surface area contributed by atoms with Crippen molar-refractivity contribution in [1.82, 2.24) is 4.98 Å². The van der Waals surface area contributed by atoms with E-state index in [9.17, 15) is 8.42 Å². The number of halogens is 1. The highest BCUT2D eigenvalue weighted by molar-refractivity contribution is 7.90. The molecule has 0 spiro atoms. The van der Waals surface area contributed by atoms with Gasteiger partial charge >= 0.3 is 0 Å². The largest absolute Gasteiger partial charge is 0.244 e. The summed E-state index contributed by atoms with van der Waals surface area (Å²) in [7, 11) is -3.38. The molecule has 0 saturated heterocycles. The van der Waals surface area contributed by atoms with Gasteiger partial charge in [0.15, 0.2) is 9.84 Å². The first-order valence-corrected chi connectivity index (χ1v) is 7.41. The van der Waals surface area contributed by atoms with Gasteiger partial charge in [-0.3, -0.25) is 0 Å². The molecule has 0 saturated carbocycles. The Morgan fingerprint density at radius 1 is 1.17 bits per heavy atom. The van der Waals surface area contributed by atoms with E-state index in [1.807, 2.05) is 6.92 Å². The van der Waals surface area contributed by atoms with Crippen molar-refractivity contribution in [2.75, 3.05) is 0 Å². The van der Waals surface area contributed by atoms with Gasteiger partial charge in [0, 0.05) is 11.8 Å². The average Bonchev–Trinajstić information content (AvgIpc) is 2.32. The van der Waals surface area contributed by atoms with E-state index in [2.05, 4.69) is 4.98 Å². The lowest BCUT2D eigenvalue weighted by molar-refractivity contribution is 0.595. The summed E-state index contributed by atoms with van der Waals surface area (Å²) in [4.78, 5) is 4.17. The molecular formula is C13H12ClNO2S. The average molecular weight is 282 g/mol. The molecular weight excluding hydrogens is 270 g/mol. The van der Waals surface area contributed by atoms with Crippen LogP contribution < -0.4 is 0 Å². The van der Waals surface area contributed by atoms with E-state index in [1.165, 1.54) is 6.20 Å². The van der Waals surface area contributed by atoms with Gasteiger partial charge in [-0.05, 0) is 25.1 Å². The minimum Gasteiger partial charge on any atom is -0.244 e. The number of nitrogens with zero attached hydrogens (tertiary/aromatic N) is 1. The van der Waals surface area contributed by atoms with Gasteiger partial charge in [-0.1, -0.05) is 35.4 Å². The lowest BCUT2D eigenvalue weighted by Gasteiger charge is -2.06. The van der Waals surface area contributed by atoms with Crippen molar-refractivity contribution < 1.29 is 8.42 Å². The summed E-state index contributed by atoms with van der Waals surface area (Å²) in [5.74, 6) is -0.136. The Bertz CT molecular complexity index is 651. The van der Waals surface area contributed by atoms with Crippen LogP contribution in [0.3, 0.4) is 0 Å². The molecule has 0 fully saturated rings. The lowest BCUT2D eigenvalue weighted by atomic mass is 10.2. The Labute approximate surface area is 111 Å². The summed E-state index contributed by atoms with van der Waals surface area (Å²) in [6.07, 6.45) is 1.53. The monoisotopic (exact) mass is 281 g/mol. The number of hydrogen-bond donors (Lipinski definition) is 0. The minimum absolute atomic E-state index is 0.136. The standard InChI is InChI=1S/C13H12ClNO2S/c1-10-4-6-12(7-5-10)18(16,17)9-11-3-2-8-15-13(11)14/h2-8H,9H2,1H3. The van der Waals surface area contributed by atoms with E-state index in [0.717, 1.165) is 5.56 Å². The molecule has 0 aliphatic carbocycles. The molecule has 0 aliphatic rings. The molecule has 0 bridgehead atoms. The fourth-order valence-corrected chi connectivity index (χ4v) is 3.19. The Hall–Kier alpha value is -1.39. The van der Waals surface area contributed by atoms with Crippen molar-refractivity contribution in [2.24, 2.45) is 0 Å². The van der Waals surface area contributed by atoms with E-state index in [-0.39, 0.29) is 10.9 Å². The zero-order valence-electron chi connectivity index (χ0n) is 9.80. The van der Waals surface area contributed by atoms with Crippen molar-refractivity contribution in [2.45, 2.75) is 17.6 Å². The maximum atomic E-state index is 12.2. The second-order valence-electron chi connectivity index (χ2n) is 4.03. The Kier molecular flexibility index (Phi) is 3.68. The first-order chi connectivity index (χ1) is 8.49. The molecule has 1 aromatic carbocycles. The first-order valence-electron chi connectivity index (χ1n) is 5.38. The molecule has 1 aromatic heterocycles. The number of sulfone groups is 1. The quantitative estimate of drug-likeness (QED) is 0.813. The summed E-state index contributed by atoms with van der Waals surface area (Å²) >= 11 is 5.87. The van der Waals surface area contributed by atoms with Crippen LogP contribution in [0.2, 0.25) is 5.15 Å². The highest BCUT2D eigenvalue weighted by Crippen LogP contribution is 2.20. The normalized spacial score (nSPS) is 11.4. The number of rotatable bonds is 3. The first kappa shape index (κ1) is 13.1. The van der Waals surface area contributed by atoms with Gasteiger partial charge in [0.1, 0.15) is 5.15 Å². The summed E-state index contributed by atoms with van der Waals surface area (Å²) in [6.45, 7) is 1.91. The van der Waals surface area contributed by atoms with E-state index in [4.69, 9.17) is 11.6 Å². The molecule has 18 heavy (non-hydrogen) atoms. The van der Waals surface area contributed by atoms with E-state index < -0.39 is 9.84 Å². The van der Waals surface area contributed by atoms with Gasteiger partial charge in [-0.2, -0.15) is 0 Å². The Balaban J connectivity index is 2.33. The smallest absolute Gasteiger partial charge is 0.182 e. The maximum Gasteiger partial charge on any atom is 0.182 e. The second-order valence-corrected chi connectivity index (χ2v) is 6.37. The molecule has 1 heterocycles. The van der Waals surface area contributed by atoms with Gasteiger partial charge < -0.3 is 0 Å². The zero-order valence-corrected chi connectivity index (χ0v) is 11.4. The molecule has 0 aliphatic heterocycles. The molecule has 0 unspecified atom stereocenters. The van der Waals surface area contributed by atoms with Crippen LogP contribution in [0.5, 0.6) is 0 Å². The van der Waals surface area contributed by atoms with Crippen LogP contribution in [0.25, 0.3) is 0 Å². The fraction of sp³-hybridized carbons (Fsp3) is 0.154. The van der Waals surface area contributed by atoms with Crippen LogP contribution in [0.1, 0.15) is 11.1 Å². The number of pyridine rings is 1. The lowest BCUT2D eigenvalue weighted by Crippen LogP contribution is -2.05. The summed E-state index contributed by atoms with van der Waals surface area (Å²) in [5.41, 5.74) is 1.54. The summed E-state index contributed by atoms with van der Waals surface area (Å²) in [6, 6.07) is 10.1. The molecule has 0 radical (unpaired) electrons. The van der Waals surface area contributed by atoms with Crippen molar-refractivity contribution in [3.05, 3.63) is 58.9 Å². The second kappa shape index (κ2) is 5.08. The minimum atomic E-state index is -3.38. The fourth-order valence-electron chi connectivity index (χ4n) is 1.56. The van der Waals surface area contributed by atoms with Crippen molar-refractivity contribution in [3.63, 3.8) is 0 Å². The van der Waals surface area contributed by atoms with Gasteiger partial charge in [-0.25, -0.2) is 13.4 Å². The summed E-state index contributed by atoms with van der Waals surface area (Å²) in [5, 5.41) is 0.230. The number of aryl methyl sites for hydroxylation is 1. The zero-order chi connectivity index (χ0) is 13.2. The topological polar surface area (TPSA) is 47.0 Å². The van der Waals surface area contributed by atoms with Crippen LogP contribution >= 0.6 is 11.6 Å². The van der Waals surface area contributed by atoms with Gasteiger partial charge in [-0.15, -0.1) is 0 Å². The molecule has 5 heteroatoms. The van der Waals surface area contributed by atoms with Gasteiger partial charge in [0.25, 0.3) is 0 Å². The Morgan fingerprint density at radius 2 is 1.83 bits per heavy atom. The van der Waals surface area contributed by atoms with Crippen LogP contribution in [0.4, 0.5) is 0 Å². The molecule has 3 nitrogen and oxygen atoms in total. The molecule has 94 valence electrons. The van der Waals surface area contributed by atoms with E-state index in [1.54, 1.807) is 36.4 Å². The van der Waals surface area contributed by atoms with Crippen molar-refractivity contribution >= 4 is 21.4 Å². The molecule has 2 rings (SSSR count). The third-order valence-electron chi connectivity index (χ3n) is 2.56. The third kappa shape index (κ3) is 2.89. The maximum absolute atomic E-state index is 12.2. The van der Waals surface area contributed by atoms with Crippen LogP contribution in [-0.2, 0) is 15.6 Å². The highest BCUT2D eigenvalue weighted by Gasteiger charge is 2.16. The number of hydrogen-bond acceptors (Lipinski definition) is 3. The predicted octanol–water partition coefficient (Wildman–Crippen LogP) is 3.02. The number of benzene rings is 1. The van der Waals surface area contributed by atoms with Crippen LogP contribution in [-0.4, -0.2) is 13.4 Å². The van der Waals surface area contributed by atoms with E-state index >= 15 is 0 Å².